The van der Waals surface area contributed by atoms with E-state index in [0.29, 0.717) is 28.1 Å². The van der Waals surface area contributed by atoms with Crippen molar-refractivity contribution in [3.05, 3.63) is 68.5 Å². The van der Waals surface area contributed by atoms with E-state index in [1.165, 1.54) is 11.8 Å². The minimum atomic E-state index is -0.468. The van der Waals surface area contributed by atoms with E-state index in [2.05, 4.69) is 15.4 Å². The molecule has 6 nitrogen and oxygen atoms in total. The molecule has 9 heteroatoms. The molecular weight excluding hydrogens is 402 g/mol. The van der Waals surface area contributed by atoms with Gasteiger partial charge in [-0.2, -0.15) is 4.98 Å². The summed E-state index contributed by atoms with van der Waals surface area (Å²) in [5, 5.41) is 11.1. The smallest absolute Gasteiger partial charge is 0.248 e. The number of benzene rings is 1. The van der Waals surface area contributed by atoms with Crippen molar-refractivity contribution in [2.75, 3.05) is 5.32 Å². The molecule has 0 saturated heterocycles. The molecule has 0 radical (unpaired) electrons. The molecular formula is C18H16ClN5OS2. The van der Waals surface area contributed by atoms with Crippen molar-refractivity contribution < 1.29 is 4.79 Å². The molecule has 0 aliphatic carbocycles. The van der Waals surface area contributed by atoms with Crippen LogP contribution in [0.2, 0.25) is 5.02 Å². The first-order valence-electron chi connectivity index (χ1n) is 8.18. The van der Waals surface area contributed by atoms with Crippen LogP contribution in [0.15, 0.2) is 58.2 Å². The van der Waals surface area contributed by atoms with Crippen LogP contribution in [0.4, 0.5) is 5.95 Å². The largest absolute Gasteiger partial charge is 0.366 e. The minimum absolute atomic E-state index is 0.374. The number of aromatic nitrogens is 3. The lowest BCUT2D eigenvalue weighted by Gasteiger charge is -2.26. The zero-order chi connectivity index (χ0) is 19.0. The number of carbonyl (C=O) groups excluding carboxylic acids is 1. The summed E-state index contributed by atoms with van der Waals surface area (Å²) in [6.07, 6.45) is 0. The highest BCUT2D eigenvalue weighted by atomic mass is 35.5. The average molecular weight is 418 g/mol. The number of rotatable bonds is 5. The number of halogens is 1. The number of carbonyl (C=O) groups is 1. The van der Waals surface area contributed by atoms with Crippen molar-refractivity contribution in [1.29, 1.82) is 0 Å². The van der Waals surface area contributed by atoms with E-state index in [1.807, 2.05) is 48.7 Å². The second-order valence-corrected chi connectivity index (χ2v) is 8.32. The van der Waals surface area contributed by atoms with Crippen molar-refractivity contribution in [2.24, 2.45) is 5.73 Å². The molecule has 0 spiro atoms. The zero-order valence-corrected chi connectivity index (χ0v) is 16.7. The highest BCUT2D eigenvalue weighted by molar-refractivity contribution is 7.98. The van der Waals surface area contributed by atoms with Gasteiger partial charge in [0.05, 0.1) is 5.57 Å². The molecule has 138 valence electrons. The number of nitrogens with one attached hydrogen (secondary N) is 1. The maximum Gasteiger partial charge on any atom is 0.248 e. The summed E-state index contributed by atoms with van der Waals surface area (Å²) in [5.41, 5.74) is 7.87. The zero-order valence-electron chi connectivity index (χ0n) is 14.3. The Kier molecular flexibility index (Phi) is 4.94. The van der Waals surface area contributed by atoms with Crippen LogP contribution in [0, 0.1) is 0 Å². The molecule has 2 aromatic heterocycles. The number of nitrogens with zero attached hydrogens (tertiary/aromatic N) is 3. The summed E-state index contributed by atoms with van der Waals surface area (Å²) in [4.78, 5) is 17.6. The molecule has 3 N–H and O–H groups in total. The van der Waals surface area contributed by atoms with Crippen molar-refractivity contribution in [1.82, 2.24) is 14.8 Å². The lowest BCUT2D eigenvalue weighted by atomic mass is 10.0. The van der Waals surface area contributed by atoms with Crippen LogP contribution >= 0.6 is 34.7 Å². The Labute approximate surface area is 169 Å². The summed E-state index contributed by atoms with van der Waals surface area (Å²) in [6, 6.07) is 11.2. The molecule has 1 atom stereocenters. The quantitative estimate of drug-likeness (QED) is 0.611. The highest BCUT2D eigenvalue weighted by Crippen LogP contribution is 2.38. The van der Waals surface area contributed by atoms with Gasteiger partial charge >= 0.3 is 0 Å². The number of thiophene rings is 1. The molecule has 0 unspecified atom stereocenters. The van der Waals surface area contributed by atoms with E-state index in [9.17, 15) is 4.79 Å². The fourth-order valence-corrected chi connectivity index (χ4v) is 4.91. The van der Waals surface area contributed by atoms with E-state index in [-0.39, 0.29) is 6.04 Å². The average Bonchev–Trinajstić information content (AvgIpc) is 3.29. The summed E-state index contributed by atoms with van der Waals surface area (Å²) in [7, 11) is 0. The Balaban J connectivity index is 1.67. The lowest BCUT2D eigenvalue weighted by Crippen LogP contribution is -2.31. The first-order valence-corrected chi connectivity index (χ1v) is 10.4. The van der Waals surface area contributed by atoms with E-state index in [0.717, 1.165) is 15.5 Å². The molecule has 0 bridgehead atoms. The van der Waals surface area contributed by atoms with Gasteiger partial charge in [0.1, 0.15) is 6.04 Å². The van der Waals surface area contributed by atoms with Crippen molar-refractivity contribution in [3.63, 3.8) is 0 Å². The number of fused-ring (bicyclic) bond motifs is 1. The predicted octanol–water partition coefficient (Wildman–Crippen LogP) is 4.06. The lowest BCUT2D eigenvalue weighted by molar-refractivity contribution is -0.115. The maximum atomic E-state index is 12.1. The van der Waals surface area contributed by atoms with Crippen LogP contribution in [0.1, 0.15) is 23.4 Å². The van der Waals surface area contributed by atoms with Crippen molar-refractivity contribution in [2.45, 2.75) is 23.9 Å². The molecule has 0 fully saturated rings. The van der Waals surface area contributed by atoms with E-state index >= 15 is 0 Å². The van der Waals surface area contributed by atoms with Gasteiger partial charge in [-0.25, -0.2) is 4.68 Å². The Morgan fingerprint density at radius 1 is 1.37 bits per heavy atom. The van der Waals surface area contributed by atoms with E-state index < -0.39 is 5.91 Å². The van der Waals surface area contributed by atoms with Crippen molar-refractivity contribution >= 4 is 46.6 Å². The SMILES string of the molecule is CC1=C(C(N)=O)[C@H](c2cccs2)n2nc(SCc3ccccc3Cl)nc2N1. The van der Waals surface area contributed by atoms with Gasteiger partial charge in [0.25, 0.3) is 0 Å². The number of thioether (sulfide) groups is 1. The number of primary amides is 1. The molecule has 0 saturated carbocycles. The fraction of sp³-hybridized carbons (Fsp3) is 0.167. The molecule has 1 amide bonds. The van der Waals surface area contributed by atoms with Crippen LogP contribution in [0.25, 0.3) is 0 Å². The van der Waals surface area contributed by atoms with Crippen LogP contribution in [-0.4, -0.2) is 20.7 Å². The third kappa shape index (κ3) is 3.47. The Morgan fingerprint density at radius 2 is 2.19 bits per heavy atom. The molecule has 4 rings (SSSR count). The first kappa shape index (κ1) is 18.1. The normalized spacial score (nSPS) is 16.1. The third-order valence-corrected chi connectivity index (χ3v) is 6.41. The Bertz CT molecular complexity index is 1030. The van der Waals surface area contributed by atoms with Crippen LogP contribution in [0.3, 0.4) is 0 Å². The number of hydrogen-bond acceptors (Lipinski definition) is 6. The number of amides is 1. The first-order chi connectivity index (χ1) is 13.0. The summed E-state index contributed by atoms with van der Waals surface area (Å²) in [6.45, 7) is 1.83. The maximum absolute atomic E-state index is 12.1. The number of anilines is 1. The molecule has 3 heterocycles. The van der Waals surface area contributed by atoms with Gasteiger partial charge < -0.3 is 11.1 Å². The van der Waals surface area contributed by atoms with Crippen molar-refractivity contribution in [3.8, 4) is 0 Å². The predicted molar refractivity (Wildman–Crippen MR) is 109 cm³/mol. The van der Waals surface area contributed by atoms with Crippen LogP contribution in [-0.2, 0) is 10.5 Å². The van der Waals surface area contributed by atoms with Gasteiger partial charge in [-0.3, -0.25) is 4.79 Å². The van der Waals surface area contributed by atoms with Crippen LogP contribution in [0.5, 0.6) is 0 Å². The van der Waals surface area contributed by atoms with Gasteiger partial charge in [0, 0.05) is 21.3 Å². The van der Waals surface area contributed by atoms with Gasteiger partial charge in [-0.15, -0.1) is 16.4 Å². The standard InChI is InChI=1S/C18H16ClN5OS2/c1-10-14(16(20)25)15(13-7-4-8-26-13)24-17(21-10)22-18(23-24)27-9-11-5-2-3-6-12(11)19/h2-8,15H,9H2,1H3,(H2,20,25)(H,21,22,23)/t15-/m0/s1. The molecule has 27 heavy (non-hydrogen) atoms. The van der Waals surface area contributed by atoms with E-state index in [4.69, 9.17) is 17.3 Å². The van der Waals surface area contributed by atoms with Gasteiger partial charge in [0.2, 0.25) is 17.0 Å². The Morgan fingerprint density at radius 3 is 2.89 bits per heavy atom. The number of hydrogen-bond donors (Lipinski definition) is 2. The molecule has 1 aromatic carbocycles. The Hall–Kier alpha value is -2.29. The highest BCUT2D eigenvalue weighted by Gasteiger charge is 2.33. The summed E-state index contributed by atoms with van der Waals surface area (Å²) < 4.78 is 1.73. The third-order valence-electron chi connectivity index (χ3n) is 4.23. The van der Waals surface area contributed by atoms with Gasteiger partial charge in [0.15, 0.2) is 0 Å². The minimum Gasteiger partial charge on any atom is -0.366 e. The second-order valence-electron chi connectivity index (χ2n) is 5.99. The monoisotopic (exact) mass is 417 g/mol. The van der Waals surface area contributed by atoms with Crippen LogP contribution < -0.4 is 11.1 Å². The topological polar surface area (TPSA) is 85.8 Å². The molecule has 1 aliphatic rings. The van der Waals surface area contributed by atoms with Gasteiger partial charge in [-0.05, 0) is 30.0 Å². The van der Waals surface area contributed by atoms with E-state index in [1.54, 1.807) is 16.0 Å². The summed E-state index contributed by atoms with van der Waals surface area (Å²) >= 11 is 9.27. The summed E-state index contributed by atoms with van der Waals surface area (Å²) in [5.74, 6) is 0.782. The second kappa shape index (κ2) is 7.38. The molecule has 1 aliphatic heterocycles. The van der Waals surface area contributed by atoms with Gasteiger partial charge in [-0.1, -0.05) is 47.6 Å². The number of allylic oxidation sites excluding steroid dienone is 1. The fourth-order valence-electron chi connectivity index (χ4n) is 2.98. The molecule has 3 aromatic rings. The number of nitrogens with two attached hydrogens (primary N) is 1.